The van der Waals surface area contributed by atoms with Crippen molar-refractivity contribution in [3.63, 3.8) is 0 Å². The van der Waals surface area contributed by atoms with E-state index < -0.39 is 53.3 Å². The van der Waals surface area contributed by atoms with Crippen LogP contribution in [0, 0.1) is 15.9 Å². The van der Waals surface area contributed by atoms with E-state index in [0.29, 0.717) is 11.4 Å². The van der Waals surface area contributed by atoms with E-state index in [1.165, 1.54) is 37.4 Å². The molecule has 1 heterocycles. The summed E-state index contributed by atoms with van der Waals surface area (Å²) < 4.78 is 18.5. The topological polar surface area (TPSA) is 183 Å². The van der Waals surface area contributed by atoms with Gasteiger partial charge in [-0.05, 0) is 54.1 Å². The number of carboxylic acid groups (broad SMARTS) is 1. The van der Waals surface area contributed by atoms with E-state index in [0.717, 1.165) is 28.0 Å². The van der Waals surface area contributed by atoms with Gasteiger partial charge >= 0.3 is 18.0 Å². The molecule has 224 valence electrons. The molecule has 43 heavy (non-hydrogen) atoms. The molecule has 1 saturated heterocycles. The first-order valence-electron chi connectivity index (χ1n) is 12.9. The van der Waals surface area contributed by atoms with Gasteiger partial charge in [0.15, 0.2) is 6.17 Å². The van der Waals surface area contributed by atoms with Crippen LogP contribution in [0.2, 0.25) is 0 Å². The zero-order valence-electron chi connectivity index (χ0n) is 22.7. The highest BCUT2D eigenvalue weighted by molar-refractivity contribution is 5.98. The number of carbonyl (C=O) groups is 4. The van der Waals surface area contributed by atoms with E-state index in [9.17, 15) is 38.8 Å². The van der Waals surface area contributed by atoms with Crippen LogP contribution in [0.3, 0.4) is 0 Å². The Bertz CT molecular complexity index is 1520. The van der Waals surface area contributed by atoms with E-state index in [2.05, 4.69) is 16.0 Å². The van der Waals surface area contributed by atoms with Crippen molar-refractivity contribution in [1.29, 1.82) is 0 Å². The van der Waals surface area contributed by atoms with Crippen LogP contribution >= 0.6 is 0 Å². The summed E-state index contributed by atoms with van der Waals surface area (Å²) in [4.78, 5) is 64.8. The van der Waals surface area contributed by atoms with Gasteiger partial charge in [0.25, 0.3) is 11.6 Å². The van der Waals surface area contributed by atoms with Gasteiger partial charge in [-0.25, -0.2) is 14.0 Å². The molecule has 0 bridgehead atoms. The van der Waals surface area contributed by atoms with E-state index >= 15 is 0 Å². The summed E-state index contributed by atoms with van der Waals surface area (Å²) in [5, 5.41) is 28.5. The number of urea groups is 2. The second kappa shape index (κ2) is 13.3. The average molecular weight is 595 g/mol. The highest BCUT2D eigenvalue weighted by atomic mass is 19.1. The molecule has 4 N–H and O–H groups in total. The number of nitro groups is 1. The summed E-state index contributed by atoms with van der Waals surface area (Å²) in [5.74, 6) is -2.19. The normalized spacial score (nSPS) is 14.9. The van der Waals surface area contributed by atoms with Crippen LogP contribution in [-0.2, 0) is 9.59 Å². The van der Waals surface area contributed by atoms with Crippen molar-refractivity contribution in [1.82, 2.24) is 15.1 Å². The number of nitro benzene ring substituents is 1. The molecule has 14 nitrogen and oxygen atoms in total. The minimum absolute atomic E-state index is 0.0721. The highest BCUT2D eigenvalue weighted by Gasteiger charge is 2.43. The number of aliphatic carboxylic acids is 1. The predicted octanol–water partition coefficient (Wildman–Crippen LogP) is 3.78. The van der Waals surface area contributed by atoms with Gasteiger partial charge < -0.3 is 25.8 Å². The van der Waals surface area contributed by atoms with Crippen LogP contribution in [0.15, 0.2) is 72.8 Å². The third-order valence-corrected chi connectivity index (χ3v) is 6.54. The zero-order chi connectivity index (χ0) is 31.1. The van der Waals surface area contributed by atoms with Gasteiger partial charge in [0.1, 0.15) is 11.6 Å². The smallest absolute Gasteiger partial charge is 0.323 e. The lowest BCUT2D eigenvalue weighted by Crippen LogP contribution is -2.56. The molecule has 1 aliphatic heterocycles. The number of hydrogen-bond donors (Lipinski definition) is 4. The van der Waals surface area contributed by atoms with Crippen LogP contribution in [0.4, 0.5) is 31.0 Å². The lowest BCUT2D eigenvalue weighted by molar-refractivity contribution is -0.384. The molecule has 2 unspecified atom stereocenters. The summed E-state index contributed by atoms with van der Waals surface area (Å²) in [6.45, 7) is -0.154. The number of amides is 5. The molecule has 3 aromatic carbocycles. The van der Waals surface area contributed by atoms with Gasteiger partial charge in [-0.1, -0.05) is 12.1 Å². The molecule has 15 heteroatoms. The Morgan fingerprint density at radius 2 is 1.53 bits per heavy atom. The summed E-state index contributed by atoms with van der Waals surface area (Å²) in [6.07, 6.45) is -2.19. The molecule has 5 amide bonds. The van der Waals surface area contributed by atoms with Crippen molar-refractivity contribution in [2.75, 3.05) is 30.8 Å². The molecule has 0 radical (unpaired) electrons. The fraction of sp³-hybridized carbons (Fsp3) is 0.214. The number of halogens is 1. The van der Waals surface area contributed by atoms with Gasteiger partial charge in [0, 0.05) is 36.6 Å². The molecule has 3 aromatic rings. The Morgan fingerprint density at radius 3 is 2.05 bits per heavy atom. The number of ether oxygens (including phenoxy) is 1. The number of rotatable bonds is 9. The van der Waals surface area contributed by atoms with Gasteiger partial charge in [-0.2, -0.15) is 0 Å². The number of nitrogens with zero attached hydrogens (tertiary/aromatic N) is 3. The molecular formula is C28H27FN6O8. The van der Waals surface area contributed by atoms with Crippen molar-refractivity contribution >= 4 is 41.0 Å². The van der Waals surface area contributed by atoms with Crippen LogP contribution < -0.4 is 20.7 Å². The SMILES string of the molecule is COc1ccc(NC(=O)N2CCN(C(=O)Nc3ccc(F)cc3)C2C(=O)NC(CC(=O)O)c2cccc([N+](=O)[O-])c2)cc1. The third kappa shape index (κ3) is 7.52. The first-order chi connectivity index (χ1) is 20.5. The summed E-state index contributed by atoms with van der Waals surface area (Å²) >= 11 is 0. The Kier molecular flexibility index (Phi) is 9.34. The molecule has 0 spiro atoms. The van der Waals surface area contributed by atoms with E-state index in [1.54, 1.807) is 24.3 Å². The van der Waals surface area contributed by atoms with Crippen molar-refractivity contribution in [3.05, 3.63) is 94.3 Å². The largest absolute Gasteiger partial charge is 0.497 e. The monoisotopic (exact) mass is 594 g/mol. The summed E-state index contributed by atoms with van der Waals surface area (Å²) in [7, 11) is 1.48. The van der Waals surface area contributed by atoms with Crippen molar-refractivity contribution in [3.8, 4) is 5.75 Å². The summed E-state index contributed by atoms with van der Waals surface area (Å²) in [5.41, 5.74) is 0.426. The molecule has 0 aromatic heterocycles. The Labute approximate surface area is 244 Å². The Balaban J connectivity index is 1.62. The molecule has 1 aliphatic rings. The summed E-state index contributed by atoms with van der Waals surface area (Å²) in [6, 6.07) is 13.6. The molecule has 4 rings (SSSR count). The standard InChI is InChI=1S/C28H27FN6O8/c1-43-22-11-9-20(10-12-22)31-28(40)34-14-13-33(27(39)30-19-7-5-18(29)6-8-19)26(34)25(38)32-23(16-24(36)37)17-3-2-4-21(15-17)35(41)42/h2-12,15,23,26H,13-14,16H2,1H3,(H,30,39)(H,31,40)(H,32,38)(H,36,37). The van der Waals surface area contributed by atoms with Crippen LogP contribution in [0.1, 0.15) is 18.0 Å². The second-order valence-corrected chi connectivity index (χ2v) is 9.37. The first kappa shape index (κ1) is 30.2. The van der Waals surface area contributed by atoms with E-state index in [4.69, 9.17) is 4.74 Å². The minimum Gasteiger partial charge on any atom is -0.497 e. The minimum atomic E-state index is -1.55. The molecule has 0 saturated carbocycles. The third-order valence-electron chi connectivity index (χ3n) is 6.54. The number of carbonyl (C=O) groups excluding carboxylic acids is 3. The molecule has 1 fully saturated rings. The fourth-order valence-corrected chi connectivity index (χ4v) is 4.46. The number of benzene rings is 3. The maximum absolute atomic E-state index is 13.7. The fourth-order valence-electron chi connectivity index (χ4n) is 4.46. The number of carboxylic acids is 1. The quantitative estimate of drug-likeness (QED) is 0.213. The maximum atomic E-state index is 13.7. The van der Waals surface area contributed by atoms with E-state index in [-0.39, 0.29) is 30.0 Å². The number of hydrogen-bond acceptors (Lipinski definition) is 7. The van der Waals surface area contributed by atoms with Gasteiger partial charge in [-0.15, -0.1) is 0 Å². The molecular weight excluding hydrogens is 567 g/mol. The molecule has 0 aliphatic carbocycles. The number of methoxy groups -OCH3 is 1. The Morgan fingerprint density at radius 1 is 0.977 bits per heavy atom. The first-order valence-corrected chi connectivity index (χ1v) is 12.9. The predicted molar refractivity (Wildman–Crippen MR) is 151 cm³/mol. The number of nitrogens with one attached hydrogen (secondary N) is 3. The maximum Gasteiger partial charge on any atom is 0.323 e. The van der Waals surface area contributed by atoms with Gasteiger partial charge in [0.2, 0.25) is 0 Å². The van der Waals surface area contributed by atoms with E-state index in [1.807, 2.05) is 0 Å². The number of non-ortho nitro benzene ring substituents is 1. The Hall–Kier alpha value is -5.73. The highest BCUT2D eigenvalue weighted by Crippen LogP contribution is 2.25. The van der Waals surface area contributed by atoms with Crippen molar-refractivity contribution in [2.24, 2.45) is 0 Å². The van der Waals surface area contributed by atoms with Gasteiger partial charge in [0.05, 0.1) is 24.5 Å². The lowest BCUT2D eigenvalue weighted by atomic mass is 10.0. The van der Waals surface area contributed by atoms with Crippen molar-refractivity contribution in [2.45, 2.75) is 18.6 Å². The van der Waals surface area contributed by atoms with Crippen molar-refractivity contribution < 1.29 is 38.3 Å². The lowest BCUT2D eigenvalue weighted by Gasteiger charge is -2.30. The average Bonchev–Trinajstić information content (AvgIpc) is 3.44. The molecule has 2 atom stereocenters. The zero-order valence-corrected chi connectivity index (χ0v) is 22.7. The van der Waals surface area contributed by atoms with Crippen LogP contribution in [0.5, 0.6) is 5.75 Å². The van der Waals surface area contributed by atoms with Gasteiger partial charge in [-0.3, -0.25) is 29.5 Å². The second-order valence-electron chi connectivity index (χ2n) is 9.37. The van der Waals surface area contributed by atoms with Crippen LogP contribution in [0.25, 0.3) is 0 Å². The number of anilines is 2. The van der Waals surface area contributed by atoms with Crippen LogP contribution in [-0.4, -0.2) is 70.1 Å².